The summed E-state index contributed by atoms with van der Waals surface area (Å²) in [4.78, 5) is 0. The molecule has 1 atom stereocenters. The second-order valence-corrected chi connectivity index (χ2v) is 3.19. The van der Waals surface area contributed by atoms with Crippen molar-refractivity contribution in [3.05, 3.63) is 5.92 Å². The van der Waals surface area contributed by atoms with E-state index in [0.717, 1.165) is 12.8 Å². The minimum Gasteiger partial charge on any atom is -0.171 e. The molecular formula is C8H12F3. The number of rotatable bonds is 0. The topological polar surface area (TPSA) is 0 Å². The van der Waals surface area contributed by atoms with Crippen molar-refractivity contribution < 1.29 is 13.2 Å². The third-order valence-electron chi connectivity index (χ3n) is 2.30. The largest absolute Gasteiger partial charge is 0.392 e. The third-order valence-corrected chi connectivity index (χ3v) is 2.30. The van der Waals surface area contributed by atoms with Crippen molar-refractivity contribution in [3.63, 3.8) is 0 Å². The second-order valence-electron chi connectivity index (χ2n) is 3.19. The Bertz CT molecular complexity index is 128. The maximum atomic E-state index is 12.2. The summed E-state index contributed by atoms with van der Waals surface area (Å²) in [6, 6.07) is 0. The van der Waals surface area contributed by atoms with Gasteiger partial charge in [0.2, 0.25) is 0 Å². The minimum atomic E-state index is -4.00. The first-order valence-electron chi connectivity index (χ1n) is 3.91. The smallest absolute Gasteiger partial charge is 0.171 e. The van der Waals surface area contributed by atoms with Crippen molar-refractivity contribution >= 4 is 0 Å². The predicted molar refractivity (Wildman–Crippen MR) is 36.9 cm³/mol. The molecule has 1 aliphatic rings. The SMILES string of the molecule is C[C]1CCCCC1C(F)(F)F. The maximum Gasteiger partial charge on any atom is 0.392 e. The fraction of sp³-hybridized carbons (Fsp3) is 0.875. The Kier molecular flexibility index (Phi) is 2.45. The van der Waals surface area contributed by atoms with Crippen LogP contribution in [0.15, 0.2) is 0 Å². The lowest BCUT2D eigenvalue weighted by atomic mass is 9.80. The van der Waals surface area contributed by atoms with Crippen LogP contribution in [0.2, 0.25) is 0 Å². The van der Waals surface area contributed by atoms with Gasteiger partial charge in [-0.15, -0.1) is 0 Å². The van der Waals surface area contributed by atoms with Crippen LogP contribution in [-0.2, 0) is 0 Å². The van der Waals surface area contributed by atoms with E-state index in [2.05, 4.69) is 0 Å². The van der Waals surface area contributed by atoms with Gasteiger partial charge < -0.3 is 0 Å². The first kappa shape index (κ1) is 8.88. The van der Waals surface area contributed by atoms with E-state index in [1.807, 2.05) is 0 Å². The van der Waals surface area contributed by atoms with E-state index in [1.54, 1.807) is 6.92 Å². The molecule has 0 aromatic carbocycles. The molecule has 65 valence electrons. The van der Waals surface area contributed by atoms with Crippen LogP contribution in [-0.4, -0.2) is 6.18 Å². The van der Waals surface area contributed by atoms with Crippen molar-refractivity contribution in [3.8, 4) is 0 Å². The van der Waals surface area contributed by atoms with Gasteiger partial charge in [0.15, 0.2) is 0 Å². The van der Waals surface area contributed by atoms with Gasteiger partial charge >= 0.3 is 6.18 Å². The molecule has 1 unspecified atom stereocenters. The summed E-state index contributed by atoms with van der Waals surface area (Å²) in [5.41, 5.74) is 0. The number of hydrogen-bond acceptors (Lipinski definition) is 0. The molecule has 11 heavy (non-hydrogen) atoms. The Labute approximate surface area is 64.8 Å². The van der Waals surface area contributed by atoms with E-state index in [4.69, 9.17) is 0 Å². The first-order valence-corrected chi connectivity index (χ1v) is 3.91. The quantitative estimate of drug-likeness (QED) is 0.516. The lowest BCUT2D eigenvalue weighted by Gasteiger charge is -2.29. The van der Waals surface area contributed by atoms with E-state index in [9.17, 15) is 13.2 Å². The molecule has 0 aliphatic heterocycles. The summed E-state index contributed by atoms with van der Waals surface area (Å²) < 4.78 is 36.5. The molecule has 3 heteroatoms. The number of hydrogen-bond donors (Lipinski definition) is 0. The third kappa shape index (κ3) is 2.11. The Morgan fingerprint density at radius 1 is 1.27 bits per heavy atom. The van der Waals surface area contributed by atoms with Gasteiger partial charge in [0.05, 0.1) is 5.92 Å². The number of alkyl halides is 3. The molecule has 0 nitrogen and oxygen atoms in total. The molecule has 1 radical (unpaired) electrons. The molecule has 0 saturated heterocycles. The van der Waals surface area contributed by atoms with Gasteiger partial charge in [-0.3, -0.25) is 0 Å². The average molecular weight is 165 g/mol. The van der Waals surface area contributed by atoms with Crippen LogP contribution in [0.25, 0.3) is 0 Å². The predicted octanol–water partition coefficient (Wildman–Crippen LogP) is 3.33. The van der Waals surface area contributed by atoms with Gasteiger partial charge in [0.1, 0.15) is 0 Å². The van der Waals surface area contributed by atoms with Crippen LogP contribution in [0.5, 0.6) is 0 Å². The summed E-state index contributed by atoms with van der Waals surface area (Å²) in [7, 11) is 0. The fourth-order valence-corrected chi connectivity index (χ4v) is 1.62. The molecule has 1 fully saturated rings. The zero-order valence-electron chi connectivity index (χ0n) is 6.54. The Hall–Kier alpha value is -0.210. The highest BCUT2D eigenvalue weighted by molar-refractivity contribution is 4.98. The molecule has 0 aromatic rings. The molecule has 0 heterocycles. The summed E-state index contributed by atoms with van der Waals surface area (Å²) in [5.74, 6) is -0.500. The van der Waals surface area contributed by atoms with E-state index in [-0.39, 0.29) is 0 Å². The molecule has 1 saturated carbocycles. The van der Waals surface area contributed by atoms with Crippen molar-refractivity contribution in [2.75, 3.05) is 0 Å². The van der Waals surface area contributed by atoms with Crippen molar-refractivity contribution in [1.82, 2.24) is 0 Å². The molecule has 0 N–H and O–H groups in total. The zero-order valence-corrected chi connectivity index (χ0v) is 6.54. The molecule has 0 aromatic heterocycles. The molecule has 0 spiro atoms. The molecule has 0 bridgehead atoms. The highest BCUT2D eigenvalue weighted by Crippen LogP contribution is 2.42. The Morgan fingerprint density at radius 3 is 2.27 bits per heavy atom. The van der Waals surface area contributed by atoms with Gasteiger partial charge in [-0.05, 0) is 18.8 Å². The summed E-state index contributed by atoms with van der Waals surface area (Å²) >= 11 is 0. The van der Waals surface area contributed by atoms with E-state index in [0.29, 0.717) is 18.8 Å². The highest BCUT2D eigenvalue weighted by Gasteiger charge is 2.43. The standard InChI is InChI=1S/C8H12F3/c1-6-4-2-3-5-7(6)8(9,10)11/h7H,2-5H2,1H3. The monoisotopic (exact) mass is 165 g/mol. The minimum absolute atomic E-state index is 0.301. The summed E-state index contributed by atoms with van der Waals surface area (Å²) in [6.07, 6.45) is -1.38. The molecule has 0 amide bonds. The zero-order chi connectivity index (χ0) is 8.48. The average Bonchev–Trinajstić information content (AvgIpc) is 1.86. The van der Waals surface area contributed by atoms with Crippen LogP contribution in [0.4, 0.5) is 13.2 Å². The maximum absolute atomic E-state index is 12.2. The van der Waals surface area contributed by atoms with E-state index < -0.39 is 12.1 Å². The second kappa shape index (κ2) is 3.03. The molecule has 1 aliphatic carbocycles. The highest BCUT2D eigenvalue weighted by atomic mass is 19.4. The van der Waals surface area contributed by atoms with Crippen LogP contribution >= 0.6 is 0 Å². The van der Waals surface area contributed by atoms with Crippen LogP contribution in [0, 0.1) is 11.8 Å². The normalized spacial score (nSPS) is 28.9. The molecule has 1 rings (SSSR count). The van der Waals surface area contributed by atoms with Gasteiger partial charge in [-0.2, -0.15) is 13.2 Å². The number of halogens is 3. The summed E-state index contributed by atoms with van der Waals surface area (Å²) in [6.45, 7) is 1.62. The summed E-state index contributed by atoms with van der Waals surface area (Å²) in [5, 5.41) is 0. The van der Waals surface area contributed by atoms with Crippen molar-refractivity contribution in [1.29, 1.82) is 0 Å². The van der Waals surface area contributed by atoms with Crippen LogP contribution in [0.3, 0.4) is 0 Å². The lowest BCUT2D eigenvalue weighted by Crippen LogP contribution is -2.30. The lowest BCUT2D eigenvalue weighted by molar-refractivity contribution is -0.174. The van der Waals surface area contributed by atoms with E-state index in [1.165, 1.54) is 0 Å². The van der Waals surface area contributed by atoms with Crippen LogP contribution < -0.4 is 0 Å². The molecular weight excluding hydrogens is 153 g/mol. The van der Waals surface area contributed by atoms with Gasteiger partial charge in [-0.25, -0.2) is 0 Å². The Balaban J connectivity index is 2.55. The Morgan fingerprint density at radius 2 is 1.91 bits per heavy atom. The fourth-order valence-electron chi connectivity index (χ4n) is 1.62. The van der Waals surface area contributed by atoms with Crippen molar-refractivity contribution in [2.45, 2.75) is 38.8 Å². The van der Waals surface area contributed by atoms with Crippen molar-refractivity contribution in [2.24, 2.45) is 5.92 Å². The van der Waals surface area contributed by atoms with E-state index >= 15 is 0 Å². The first-order chi connectivity index (χ1) is 5.02. The van der Waals surface area contributed by atoms with Gasteiger partial charge in [0, 0.05) is 0 Å². The van der Waals surface area contributed by atoms with Gasteiger partial charge in [0.25, 0.3) is 0 Å². The van der Waals surface area contributed by atoms with Gasteiger partial charge in [-0.1, -0.05) is 19.8 Å². The van der Waals surface area contributed by atoms with Crippen LogP contribution in [0.1, 0.15) is 32.6 Å².